The van der Waals surface area contributed by atoms with E-state index in [0.29, 0.717) is 31.6 Å². The van der Waals surface area contributed by atoms with Crippen LogP contribution in [-0.2, 0) is 65.4 Å². The summed E-state index contributed by atoms with van der Waals surface area (Å²) in [6, 6.07) is 0. The third-order valence-corrected chi connectivity index (χ3v) is 17.7. The van der Waals surface area contributed by atoms with E-state index in [4.69, 9.17) is 37.0 Å². The van der Waals surface area contributed by atoms with Crippen LogP contribution in [0, 0.1) is 11.8 Å². The normalized spacial score (nSPS) is 14.3. The summed E-state index contributed by atoms with van der Waals surface area (Å²) >= 11 is 0. The Hall–Kier alpha value is -2.46. The van der Waals surface area contributed by atoms with Gasteiger partial charge in [-0.3, -0.25) is 37.3 Å². The summed E-state index contributed by atoms with van der Waals surface area (Å²) in [5.74, 6) is -0.665. The molecule has 19 heteroatoms. The predicted molar refractivity (Wildman–Crippen MR) is 363 cm³/mol. The molecule has 3 N–H and O–H groups in total. The molecular formula is C71H134O17P2. The molecule has 17 nitrogen and oxygen atoms in total. The zero-order valence-electron chi connectivity index (χ0n) is 57.9. The maximum atomic E-state index is 13.0. The van der Waals surface area contributed by atoms with Crippen molar-refractivity contribution in [3.63, 3.8) is 0 Å². The van der Waals surface area contributed by atoms with Crippen LogP contribution in [0.2, 0.25) is 0 Å². The summed E-state index contributed by atoms with van der Waals surface area (Å²) in [5, 5.41) is 10.6. The van der Waals surface area contributed by atoms with Crippen LogP contribution < -0.4 is 0 Å². The van der Waals surface area contributed by atoms with E-state index in [1.54, 1.807) is 0 Å². The minimum absolute atomic E-state index is 0.101. The van der Waals surface area contributed by atoms with Crippen LogP contribution in [0.15, 0.2) is 24.3 Å². The van der Waals surface area contributed by atoms with Gasteiger partial charge in [-0.25, -0.2) is 9.13 Å². The van der Waals surface area contributed by atoms with Gasteiger partial charge in [0.15, 0.2) is 12.2 Å². The second-order valence-corrected chi connectivity index (χ2v) is 28.8. The van der Waals surface area contributed by atoms with Crippen molar-refractivity contribution in [2.45, 2.75) is 355 Å². The van der Waals surface area contributed by atoms with Crippen LogP contribution >= 0.6 is 15.6 Å². The molecule has 0 aromatic rings. The molecule has 0 amide bonds. The first-order valence-corrected chi connectivity index (χ1v) is 39.3. The molecule has 0 radical (unpaired) electrons. The smallest absolute Gasteiger partial charge is 0.462 e. The third-order valence-electron chi connectivity index (χ3n) is 15.8. The summed E-state index contributed by atoms with van der Waals surface area (Å²) in [6.45, 7) is 9.40. The van der Waals surface area contributed by atoms with Gasteiger partial charge in [0, 0.05) is 25.7 Å². The van der Waals surface area contributed by atoms with E-state index in [9.17, 15) is 43.2 Å². The number of phosphoric acid groups is 2. The Kier molecular flexibility index (Phi) is 60.9. The van der Waals surface area contributed by atoms with E-state index >= 15 is 0 Å². The number of allylic oxidation sites excluding steroid dienone is 4. The molecule has 0 aromatic carbocycles. The highest BCUT2D eigenvalue weighted by atomic mass is 31.2. The lowest BCUT2D eigenvalue weighted by Crippen LogP contribution is -2.30. The molecule has 2 unspecified atom stereocenters. The van der Waals surface area contributed by atoms with E-state index in [1.807, 2.05) is 0 Å². The van der Waals surface area contributed by atoms with Crippen molar-refractivity contribution in [2.24, 2.45) is 11.8 Å². The molecule has 0 aliphatic heterocycles. The van der Waals surface area contributed by atoms with Crippen molar-refractivity contribution in [1.82, 2.24) is 0 Å². The highest BCUT2D eigenvalue weighted by Crippen LogP contribution is 2.45. The maximum Gasteiger partial charge on any atom is 0.472 e. The van der Waals surface area contributed by atoms with Crippen LogP contribution in [0.25, 0.3) is 0 Å². The largest absolute Gasteiger partial charge is 0.472 e. The molecule has 0 saturated heterocycles. The van der Waals surface area contributed by atoms with E-state index in [-0.39, 0.29) is 25.7 Å². The van der Waals surface area contributed by atoms with Crippen molar-refractivity contribution in [2.75, 3.05) is 39.6 Å². The molecule has 5 atom stereocenters. The first-order valence-electron chi connectivity index (χ1n) is 36.3. The maximum absolute atomic E-state index is 13.0. The molecule has 0 saturated carbocycles. The summed E-state index contributed by atoms with van der Waals surface area (Å²) in [6.07, 6.45) is 51.0. The fourth-order valence-electron chi connectivity index (χ4n) is 10.2. The Balaban J connectivity index is 5.23. The van der Waals surface area contributed by atoms with Gasteiger partial charge in [0.1, 0.15) is 19.3 Å². The average Bonchev–Trinajstić information content (AvgIpc) is 2.87. The van der Waals surface area contributed by atoms with Crippen LogP contribution in [0.4, 0.5) is 0 Å². The lowest BCUT2D eigenvalue weighted by Gasteiger charge is -2.21. The fraction of sp³-hybridized carbons (Fsp3) is 0.887. The van der Waals surface area contributed by atoms with Crippen LogP contribution in [0.3, 0.4) is 0 Å². The fourth-order valence-corrected chi connectivity index (χ4v) is 11.8. The van der Waals surface area contributed by atoms with Gasteiger partial charge in [-0.05, 0) is 63.2 Å². The van der Waals surface area contributed by atoms with Crippen LogP contribution in [0.5, 0.6) is 0 Å². The number of unbranched alkanes of at least 4 members (excludes halogenated alkanes) is 35. The van der Waals surface area contributed by atoms with Gasteiger partial charge in [-0.15, -0.1) is 0 Å². The highest BCUT2D eigenvalue weighted by Gasteiger charge is 2.30. The number of aliphatic hydroxyl groups excluding tert-OH is 1. The average molecular weight is 1320 g/mol. The SMILES string of the molecule is CCCCCC/C=C\C=C/CCCCCCCC(=O)OC[C@H](COP(=O)(O)OC[C@@H](O)COP(=O)(O)OC[C@@H](COC(=O)CCCCCCCCC)OC(=O)CCCCCCCCCC(C)C)OC(=O)CCCCCCCCCCCCCCCCCC(C)C. The number of rotatable bonds is 68. The first-order chi connectivity index (χ1) is 43.4. The van der Waals surface area contributed by atoms with E-state index in [0.717, 1.165) is 128 Å². The standard InChI is InChI=1S/C71H134O17P2/c1-7-9-11-13-15-16-17-18-20-24-27-30-36-42-48-54-69(74)82-60-67(87-70(75)55-49-43-37-31-28-25-22-19-21-23-26-29-34-39-45-51-63(3)4)62-86-90(79,80)84-58-65(72)57-83-89(77,78)85-61-66(59-81-68(73)53-47-41-33-14-12-10-8-2)88-71(76)56-50-44-38-32-35-40-46-52-64(5)6/h16-18,20,63-67,72H,7-15,19,21-62H2,1-6H3,(H,77,78)(H,79,80)/b17-16-,20-18-/t65-,66+,67+/m0/s1. The lowest BCUT2D eigenvalue weighted by molar-refractivity contribution is -0.161. The Bertz CT molecular complexity index is 1850. The molecule has 530 valence electrons. The number of hydrogen-bond acceptors (Lipinski definition) is 15. The Morgan fingerprint density at radius 3 is 0.911 bits per heavy atom. The third kappa shape index (κ3) is 64.3. The van der Waals surface area contributed by atoms with E-state index < -0.39 is 97.5 Å². The summed E-state index contributed by atoms with van der Waals surface area (Å²) < 4.78 is 68.1. The van der Waals surface area contributed by atoms with Gasteiger partial charge in [-0.1, -0.05) is 284 Å². The first kappa shape index (κ1) is 87.5. The second-order valence-electron chi connectivity index (χ2n) is 25.9. The molecule has 0 fully saturated rings. The second kappa shape index (κ2) is 62.6. The zero-order chi connectivity index (χ0) is 66.5. The van der Waals surface area contributed by atoms with Crippen molar-refractivity contribution in [3.05, 3.63) is 24.3 Å². The van der Waals surface area contributed by atoms with E-state index in [2.05, 4.69) is 65.8 Å². The molecule has 0 aromatic heterocycles. The summed E-state index contributed by atoms with van der Waals surface area (Å²) in [4.78, 5) is 72.4. The van der Waals surface area contributed by atoms with Gasteiger partial charge < -0.3 is 33.8 Å². The molecule has 0 aliphatic carbocycles. The Morgan fingerprint density at radius 1 is 0.344 bits per heavy atom. The van der Waals surface area contributed by atoms with Crippen LogP contribution in [0.1, 0.15) is 337 Å². The lowest BCUT2D eigenvalue weighted by atomic mass is 10.0. The molecule has 0 rings (SSSR count). The van der Waals surface area contributed by atoms with Crippen molar-refractivity contribution < 1.29 is 80.2 Å². The zero-order valence-corrected chi connectivity index (χ0v) is 59.7. The Morgan fingerprint density at radius 2 is 0.600 bits per heavy atom. The van der Waals surface area contributed by atoms with Gasteiger partial charge in [0.2, 0.25) is 0 Å². The molecule has 0 spiro atoms. The number of esters is 4. The number of carbonyl (C=O) groups is 4. The number of ether oxygens (including phenoxy) is 4. The van der Waals surface area contributed by atoms with Crippen molar-refractivity contribution in [3.8, 4) is 0 Å². The minimum atomic E-state index is -4.96. The van der Waals surface area contributed by atoms with Crippen molar-refractivity contribution >= 4 is 39.5 Å². The quantitative estimate of drug-likeness (QED) is 0.0169. The summed E-state index contributed by atoms with van der Waals surface area (Å²) in [5.41, 5.74) is 0. The van der Waals surface area contributed by atoms with Gasteiger partial charge >= 0.3 is 39.5 Å². The number of phosphoric ester groups is 2. The van der Waals surface area contributed by atoms with Gasteiger partial charge in [-0.2, -0.15) is 0 Å². The number of carbonyl (C=O) groups excluding carboxylic acids is 4. The minimum Gasteiger partial charge on any atom is -0.462 e. The van der Waals surface area contributed by atoms with Crippen molar-refractivity contribution in [1.29, 1.82) is 0 Å². The molecule has 0 heterocycles. The molecule has 0 bridgehead atoms. The van der Waals surface area contributed by atoms with Gasteiger partial charge in [0.25, 0.3) is 0 Å². The monoisotopic (exact) mass is 1320 g/mol. The van der Waals surface area contributed by atoms with E-state index in [1.165, 1.54) is 122 Å². The molecule has 90 heavy (non-hydrogen) atoms. The molecule has 0 aliphatic rings. The predicted octanol–water partition coefficient (Wildman–Crippen LogP) is 19.9. The molecular weight excluding hydrogens is 1190 g/mol. The Labute approximate surface area is 548 Å². The highest BCUT2D eigenvalue weighted by molar-refractivity contribution is 7.47. The number of aliphatic hydroxyl groups is 1. The van der Waals surface area contributed by atoms with Gasteiger partial charge in [0.05, 0.1) is 26.4 Å². The summed E-state index contributed by atoms with van der Waals surface area (Å²) in [7, 11) is -9.91. The number of hydrogen-bond donors (Lipinski definition) is 3. The van der Waals surface area contributed by atoms with Crippen LogP contribution in [-0.4, -0.2) is 96.7 Å². The topological polar surface area (TPSA) is 237 Å².